The molecule has 240 valence electrons. The number of rotatable bonds is 15. The van der Waals surface area contributed by atoms with E-state index in [0.29, 0.717) is 73.7 Å². The SMILES string of the molecule is CCCCOc1ccc(/C(O)=C2\C(=O)C(=O)N(CCCN3CCOCC3)C2c2ccc(OCCC(C)C)c(OC)c2)c(C)c1. The number of ketones is 1. The summed E-state index contributed by atoms with van der Waals surface area (Å²) in [6, 6.07) is 10.1. The number of hydrogen-bond acceptors (Lipinski definition) is 8. The van der Waals surface area contributed by atoms with Crippen molar-refractivity contribution >= 4 is 17.4 Å². The fourth-order valence-electron chi connectivity index (χ4n) is 5.60. The van der Waals surface area contributed by atoms with Gasteiger partial charge in [0.25, 0.3) is 11.7 Å². The minimum absolute atomic E-state index is 0.0691. The molecule has 2 saturated heterocycles. The summed E-state index contributed by atoms with van der Waals surface area (Å²) in [6.07, 6.45) is 3.55. The molecule has 0 aromatic heterocycles. The number of carbonyl (C=O) groups is 2. The number of nitrogens with zero attached hydrogens (tertiary/aromatic N) is 2. The third-order valence-corrected chi connectivity index (χ3v) is 8.19. The van der Waals surface area contributed by atoms with Crippen molar-refractivity contribution in [3.8, 4) is 17.2 Å². The molecule has 0 saturated carbocycles. The number of morpholine rings is 1. The van der Waals surface area contributed by atoms with Crippen LogP contribution in [0, 0.1) is 12.8 Å². The molecule has 2 fully saturated rings. The Bertz CT molecular complexity index is 1320. The quantitative estimate of drug-likeness (QED) is 0.118. The Morgan fingerprint density at radius 2 is 1.77 bits per heavy atom. The summed E-state index contributed by atoms with van der Waals surface area (Å²) in [5.74, 6) is 0.788. The van der Waals surface area contributed by atoms with Crippen LogP contribution in [0.25, 0.3) is 5.76 Å². The van der Waals surface area contributed by atoms with E-state index < -0.39 is 17.7 Å². The van der Waals surface area contributed by atoms with Crippen LogP contribution in [0.4, 0.5) is 0 Å². The van der Waals surface area contributed by atoms with Crippen LogP contribution in [0.3, 0.4) is 0 Å². The van der Waals surface area contributed by atoms with Gasteiger partial charge in [-0.1, -0.05) is 33.3 Å². The first-order valence-electron chi connectivity index (χ1n) is 15.9. The number of hydrogen-bond donors (Lipinski definition) is 1. The van der Waals surface area contributed by atoms with Gasteiger partial charge in [-0.2, -0.15) is 0 Å². The third-order valence-electron chi connectivity index (χ3n) is 8.19. The minimum atomic E-state index is -0.779. The first kappa shape index (κ1) is 33.3. The molecule has 2 aliphatic heterocycles. The lowest BCUT2D eigenvalue weighted by Crippen LogP contribution is -2.39. The number of likely N-dealkylation sites (tertiary alicyclic amines) is 1. The summed E-state index contributed by atoms with van der Waals surface area (Å²) in [6.45, 7) is 13.6. The maximum absolute atomic E-state index is 13.6. The van der Waals surface area contributed by atoms with Crippen LogP contribution in [-0.2, 0) is 14.3 Å². The van der Waals surface area contributed by atoms with E-state index >= 15 is 0 Å². The van der Waals surface area contributed by atoms with E-state index in [9.17, 15) is 14.7 Å². The van der Waals surface area contributed by atoms with Crippen LogP contribution in [0.5, 0.6) is 17.2 Å². The number of aliphatic hydroxyl groups is 1. The van der Waals surface area contributed by atoms with Gasteiger partial charge in [0.05, 0.1) is 45.2 Å². The third kappa shape index (κ3) is 8.12. The number of Topliss-reactive ketones (excluding diaryl/α,β-unsaturated/α-hetero) is 1. The second-order valence-electron chi connectivity index (χ2n) is 11.9. The van der Waals surface area contributed by atoms with Crippen LogP contribution < -0.4 is 14.2 Å². The van der Waals surface area contributed by atoms with Gasteiger partial charge in [0.15, 0.2) is 11.5 Å². The van der Waals surface area contributed by atoms with Crippen molar-refractivity contribution in [2.24, 2.45) is 5.92 Å². The van der Waals surface area contributed by atoms with Crippen LogP contribution in [-0.4, -0.2) is 86.3 Å². The predicted octanol–water partition coefficient (Wildman–Crippen LogP) is 5.75. The Morgan fingerprint density at radius 3 is 2.45 bits per heavy atom. The van der Waals surface area contributed by atoms with Gasteiger partial charge in [-0.3, -0.25) is 14.5 Å². The zero-order valence-corrected chi connectivity index (χ0v) is 26.9. The second-order valence-corrected chi connectivity index (χ2v) is 11.9. The molecule has 9 nitrogen and oxygen atoms in total. The second kappa shape index (κ2) is 16.0. The summed E-state index contributed by atoms with van der Waals surface area (Å²) in [5.41, 5.74) is 1.98. The Kier molecular flexibility index (Phi) is 12.1. The molecule has 9 heteroatoms. The number of benzene rings is 2. The van der Waals surface area contributed by atoms with Crippen LogP contribution in [0.2, 0.25) is 0 Å². The average Bonchev–Trinajstić information content (AvgIpc) is 3.26. The number of aliphatic hydroxyl groups excluding tert-OH is 1. The highest BCUT2D eigenvalue weighted by atomic mass is 16.5. The minimum Gasteiger partial charge on any atom is -0.507 e. The van der Waals surface area contributed by atoms with Crippen molar-refractivity contribution in [3.05, 3.63) is 58.7 Å². The summed E-state index contributed by atoms with van der Waals surface area (Å²) in [4.78, 5) is 31.1. The normalized spacial score (nSPS) is 18.7. The number of ether oxygens (including phenoxy) is 4. The number of methoxy groups -OCH3 is 1. The van der Waals surface area contributed by atoms with Crippen LogP contribution in [0.1, 0.15) is 69.2 Å². The lowest BCUT2D eigenvalue weighted by atomic mass is 9.93. The van der Waals surface area contributed by atoms with Gasteiger partial charge in [-0.05, 0) is 73.6 Å². The largest absolute Gasteiger partial charge is 0.507 e. The zero-order chi connectivity index (χ0) is 31.6. The van der Waals surface area contributed by atoms with Crippen molar-refractivity contribution in [1.29, 1.82) is 0 Å². The van der Waals surface area contributed by atoms with E-state index in [-0.39, 0.29) is 11.3 Å². The Labute approximate surface area is 261 Å². The number of aryl methyl sites for hydroxylation is 1. The topological polar surface area (TPSA) is 97.8 Å². The molecule has 1 amide bonds. The van der Waals surface area contributed by atoms with E-state index in [1.165, 1.54) is 0 Å². The van der Waals surface area contributed by atoms with E-state index in [1.807, 2.05) is 25.1 Å². The maximum atomic E-state index is 13.6. The highest BCUT2D eigenvalue weighted by Gasteiger charge is 2.46. The lowest BCUT2D eigenvalue weighted by molar-refractivity contribution is -0.140. The number of unbranched alkanes of at least 4 members (excludes halogenated alkanes) is 1. The van der Waals surface area contributed by atoms with Crippen molar-refractivity contribution in [1.82, 2.24) is 9.80 Å². The van der Waals surface area contributed by atoms with Crippen molar-refractivity contribution in [2.45, 2.75) is 59.4 Å². The standard InChI is InChI=1S/C35H48N2O7/c1-6-7-18-43-27-10-11-28(25(4)22-27)33(38)31-32(26-9-12-29(30(23-26)41-5)44-19-13-24(2)3)37(35(40)34(31)39)15-8-14-36-16-20-42-21-17-36/h9-12,22-24,32,38H,6-8,13-21H2,1-5H3/b33-31+. The van der Waals surface area contributed by atoms with Crippen LogP contribution in [0.15, 0.2) is 42.0 Å². The van der Waals surface area contributed by atoms with E-state index in [2.05, 4.69) is 25.7 Å². The molecule has 0 spiro atoms. The number of carbonyl (C=O) groups excluding carboxylic acids is 2. The summed E-state index contributed by atoms with van der Waals surface area (Å²) in [5, 5.41) is 11.7. The highest BCUT2D eigenvalue weighted by Crippen LogP contribution is 2.42. The molecule has 2 aromatic rings. The maximum Gasteiger partial charge on any atom is 0.295 e. The average molecular weight is 609 g/mol. The molecule has 4 rings (SSSR count). The molecular formula is C35H48N2O7. The lowest BCUT2D eigenvalue weighted by Gasteiger charge is -2.29. The Hall–Kier alpha value is -3.56. The van der Waals surface area contributed by atoms with Gasteiger partial charge in [0.2, 0.25) is 0 Å². The molecule has 1 unspecified atom stereocenters. The van der Waals surface area contributed by atoms with E-state index in [4.69, 9.17) is 18.9 Å². The molecule has 1 N–H and O–H groups in total. The van der Waals surface area contributed by atoms with Crippen molar-refractivity contribution < 1.29 is 33.6 Å². The Morgan fingerprint density at radius 1 is 1.00 bits per heavy atom. The molecule has 44 heavy (non-hydrogen) atoms. The van der Waals surface area contributed by atoms with Crippen molar-refractivity contribution in [2.75, 3.05) is 59.7 Å². The van der Waals surface area contributed by atoms with Gasteiger partial charge < -0.3 is 29.0 Å². The molecule has 2 aromatic carbocycles. The van der Waals surface area contributed by atoms with Gasteiger partial charge in [-0.15, -0.1) is 0 Å². The van der Waals surface area contributed by atoms with E-state index in [1.54, 1.807) is 30.2 Å². The van der Waals surface area contributed by atoms with Crippen LogP contribution >= 0.6 is 0 Å². The van der Waals surface area contributed by atoms with Gasteiger partial charge in [0, 0.05) is 31.7 Å². The molecule has 0 bridgehead atoms. The fraction of sp³-hybridized carbons (Fsp3) is 0.543. The smallest absolute Gasteiger partial charge is 0.295 e. The summed E-state index contributed by atoms with van der Waals surface area (Å²) in [7, 11) is 1.57. The highest BCUT2D eigenvalue weighted by molar-refractivity contribution is 6.46. The molecule has 0 radical (unpaired) electrons. The predicted molar refractivity (Wildman–Crippen MR) is 170 cm³/mol. The summed E-state index contributed by atoms with van der Waals surface area (Å²) >= 11 is 0. The van der Waals surface area contributed by atoms with Gasteiger partial charge >= 0.3 is 0 Å². The molecule has 0 aliphatic carbocycles. The van der Waals surface area contributed by atoms with E-state index in [0.717, 1.165) is 44.5 Å². The Balaban J connectivity index is 1.69. The molecule has 2 aliphatic rings. The molecular weight excluding hydrogens is 560 g/mol. The first-order chi connectivity index (χ1) is 21.2. The van der Waals surface area contributed by atoms with Crippen molar-refractivity contribution in [3.63, 3.8) is 0 Å². The number of amides is 1. The zero-order valence-electron chi connectivity index (χ0n) is 26.9. The fourth-order valence-corrected chi connectivity index (χ4v) is 5.60. The summed E-state index contributed by atoms with van der Waals surface area (Å²) < 4.78 is 23.0. The molecule has 2 heterocycles. The monoisotopic (exact) mass is 608 g/mol. The molecule has 1 atom stereocenters. The first-order valence-corrected chi connectivity index (χ1v) is 15.9. The van der Waals surface area contributed by atoms with Gasteiger partial charge in [0.1, 0.15) is 11.5 Å². The van der Waals surface area contributed by atoms with Gasteiger partial charge in [-0.25, -0.2) is 0 Å².